The zero-order valence-electron chi connectivity index (χ0n) is 10.8. The third-order valence-corrected chi connectivity index (χ3v) is 3.94. The number of halogens is 2. The predicted molar refractivity (Wildman–Crippen MR) is 73.2 cm³/mol. The number of primary sulfonamides is 1. The Bertz CT molecular complexity index is 514. The van der Waals surface area contributed by atoms with E-state index in [2.05, 4.69) is 0 Å². The van der Waals surface area contributed by atoms with Crippen molar-refractivity contribution < 1.29 is 17.5 Å². The first-order valence-corrected chi connectivity index (χ1v) is 7.87. The van der Waals surface area contributed by atoms with E-state index in [0.29, 0.717) is 0 Å². The summed E-state index contributed by atoms with van der Waals surface area (Å²) in [5.74, 6) is -1.15. The van der Waals surface area contributed by atoms with Gasteiger partial charge in [0.1, 0.15) is 0 Å². The minimum atomic E-state index is -3.60. The molecule has 1 atom stereocenters. The van der Waals surface area contributed by atoms with Gasteiger partial charge >= 0.3 is 0 Å². The van der Waals surface area contributed by atoms with Crippen molar-refractivity contribution in [2.24, 2.45) is 17.0 Å². The Morgan fingerprint density at radius 1 is 1.42 bits per heavy atom. The van der Waals surface area contributed by atoms with Crippen LogP contribution >= 0.6 is 11.6 Å². The zero-order chi connectivity index (χ0) is 14.6. The van der Waals surface area contributed by atoms with Crippen molar-refractivity contribution in [3.63, 3.8) is 0 Å². The molecule has 7 heteroatoms. The van der Waals surface area contributed by atoms with Gasteiger partial charge in [-0.3, -0.25) is 0 Å². The molecule has 0 heterocycles. The van der Waals surface area contributed by atoms with Crippen molar-refractivity contribution in [2.75, 3.05) is 12.4 Å². The summed E-state index contributed by atoms with van der Waals surface area (Å²) in [5.41, 5.74) is 0. The lowest BCUT2D eigenvalue weighted by Gasteiger charge is -2.20. The van der Waals surface area contributed by atoms with Crippen molar-refractivity contribution in [1.29, 1.82) is 0 Å². The summed E-state index contributed by atoms with van der Waals surface area (Å²) in [4.78, 5) is 0. The van der Waals surface area contributed by atoms with E-state index in [1.807, 2.05) is 13.8 Å². The molecule has 108 valence electrons. The Hall–Kier alpha value is -0.850. The van der Waals surface area contributed by atoms with E-state index >= 15 is 0 Å². The van der Waals surface area contributed by atoms with Gasteiger partial charge in [-0.2, -0.15) is 0 Å². The molecule has 1 rings (SSSR count). The average molecular weight is 310 g/mol. The van der Waals surface area contributed by atoms with Crippen LogP contribution in [0.25, 0.3) is 0 Å². The first-order valence-electron chi connectivity index (χ1n) is 5.78. The molecule has 0 radical (unpaired) electrons. The van der Waals surface area contributed by atoms with E-state index < -0.39 is 15.8 Å². The van der Waals surface area contributed by atoms with E-state index in [-0.39, 0.29) is 35.0 Å². The van der Waals surface area contributed by atoms with Gasteiger partial charge in [-0.1, -0.05) is 31.5 Å². The number of rotatable bonds is 6. The maximum atomic E-state index is 13.5. The Labute approximate surface area is 117 Å². The largest absolute Gasteiger partial charge is 0.489 e. The average Bonchev–Trinajstić information content (AvgIpc) is 2.24. The molecule has 0 aromatic heterocycles. The van der Waals surface area contributed by atoms with Crippen LogP contribution in [0.5, 0.6) is 5.75 Å². The van der Waals surface area contributed by atoms with Gasteiger partial charge in [0.25, 0.3) is 0 Å². The van der Waals surface area contributed by atoms with Crippen LogP contribution in [0, 0.1) is 17.7 Å². The molecular formula is C12H17ClFNO3S. The lowest BCUT2D eigenvalue weighted by atomic mass is 9.99. The smallest absolute Gasteiger partial charge is 0.209 e. The molecule has 2 N–H and O–H groups in total. The molecule has 0 spiro atoms. The zero-order valence-corrected chi connectivity index (χ0v) is 12.3. The van der Waals surface area contributed by atoms with E-state index in [1.165, 1.54) is 18.2 Å². The minimum absolute atomic E-state index is 0.0314. The maximum absolute atomic E-state index is 13.5. The third kappa shape index (κ3) is 5.34. The fraction of sp³-hybridized carbons (Fsp3) is 0.500. The molecule has 0 fully saturated rings. The number of benzene rings is 1. The Morgan fingerprint density at radius 2 is 2.05 bits per heavy atom. The van der Waals surface area contributed by atoms with Crippen LogP contribution in [0.4, 0.5) is 4.39 Å². The van der Waals surface area contributed by atoms with Crippen molar-refractivity contribution in [3.05, 3.63) is 29.0 Å². The fourth-order valence-electron chi connectivity index (χ4n) is 1.54. The fourth-order valence-corrected chi connectivity index (χ4v) is 2.84. The summed E-state index contributed by atoms with van der Waals surface area (Å²) in [5, 5.41) is 5.17. The summed E-state index contributed by atoms with van der Waals surface area (Å²) < 4.78 is 41.0. The molecule has 0 amide bonds. The second-order valence-electron chi connectivity index (χ2n) is 4.70. The SMILES string of the molecule is CC(C)C(COc1c(F)cccc1Cl)CS(N)(=O)=O. The lowest BCUT2D eigenvalue weighted by molar-refractivity contribution is 0.217. The second-order valence-corrected chi connectivity index (χ2v) is 6.76. The third-order valence-electron chi connectivity index (χ3n) is 2.75. The number of nitrogens with two attached hydrogens (primary N) is 1. The quantitative estimate of drug-likeness (QED) is 0.877. The molecular weight excluding hydrogens is 293 g/mol. The second kappa shape index (κ2) is 6.54. The van der Waals surface area contributed by atoms with E-state index in [1.54, 1.807) is 0 Å². The van der Waals surface area contributed by atoms with Gasteiger partial charge in [0, 0.05) is 5.92 Å². The number of hydrogen-bond acceptors (Lipinski definition) is 3. The summed E-state index contributed by atoms with van der Waals surface area (Å²) in [6, 6.07) is 4.20. The first-order chi connectivity index (χ1) is 8.70. The van der Waals surface area contributed by atoms with Gasteiger partial charge in [0.15, 0.2) is 11.6 Å². The Balaban J connectivity index is 2.77. The molecule has 1 unspecified atom stereocenters. The maximum Gasteiger partial charge on any atom is 0.209 e. The van der Waals surface area contributed by atoms with E-state index in [4.69, 9.17) is 21.5 Å². The molecule has 19 heavy (non-hydrogen) atoms. The molecule has 0 aliphatic heterocycles. The highest BCUT2D eigenvalue weighted by Gasteiger charge is 2.21. The van der Waals surface area contributed by atoms with Gasteiger partial charge in [0.05, 0.1) is 17.4 Å². The van der Waals surface area contributed by atoms with Crippen LogP contribution in [-0.2, 0) is 10.0 Å². The highest BCUT2D eigenvalue weighted by Crippen LogP contribution is 2.28. The Morgan fingerprint density at radius 3 is 2.53 bits per heavy atom. The Kier molecular flexibility index (Phi) is 5.58. The van der Waals surface area contributed by atoms with Crippen molar-refractivity contribution in [3.8, 4) is 5.75 Å². The monoisotopic (exact) mass is 309 g/mol. The lowest BCUT2D eigenvalue weighted by Crippen LogP contribution is -2.30. The number of para-hydroxylation sites is 1. The topological polar surface area (TPSA) is 69.4 Å². The standard InChI is InChI=1S/C12H17ClFNO3S/c1-8(2)9(7-19(15,16)17)6-18-12-10(13)4-3-5-11(12)14/h3-5,8-9H,6-7H2,1-2H3,(H2,15,16,17). The molecule has 0 aliphatic rings. The van der Waals surface area contributed by atoms with Crippen LogP contribution in [-0.4, -0.2) is 20.8 Å². The summed E-state index contributed by atoms with van der Waals surface area (Å²) in [6.07, 6.45) is 0. The van der Waals surface area contributed by atoms with Gasteiger partial charge < -0.3 is 4.74 Å². The number of hydrogen-bond donors (Lipinski definition) is 1. The highest BCUT2D eigenvalue weighted by atomic mass is 35.5. The summed E-state index contributed by atoms with van der Waals surface area (Å²) >= 11 is 5.82. The molecule has 4 nitrogen and oxygen atoms in total. The molecule has 0 bridgehead atoms. The van der Waals surface area contributed by atoms with Gasteiger partial charge in [0.2, 0.25) is 10.0 Å². The number of ether oxygens (including phenoxy) is 1. The van der Waals surface area contributed by atoms with Crippen molar-refractivity contribution >= 4 is 21.6 Å². The number of sulfonamides is 1. The van der Waals surface area contributed by atoms with Gasteiger partial charge in [-0.05, 0) is 18.1 Å². The van der Waals surface area contributed by atoms with Gasteiger partial charge in [-0.15, -0.1) is 0 Å². The molecule has 0 saturated heterocycles. The highest BCUT2D eigenvalue weighted by molar-refractivity contribution is 7.89. The van der Waals surface area contributed by atoms with Crippen molar-refractivity contribution in [2.45, 2.75) is 13.8 Å². The van der Waals surface area contributed by atoms with Crippen LogP contribution in [0.15, 0.2) is 18.2 Å². The molecule has 0 saturated carbocycles. The van der Waals surface area contributed by atoms with Crippen LogP contribution in [0.2, 0.25) is 5.02 Å². The van der Waals surface area contributed by atoms with Crippen LogP contribution < -0.4 is 9.88 Å². The van der Waals surface area contributed by atoms with E-state index in [9.17, 15) is 12.8 Å². The molecule has 1 aromatic carbocycles. The first kappa shape index (κ1) is 16.2. The summed E-state index contributed by atoms with van der Waals surface area (Å²) in [6.45, 7) is 3.74. The predicted octanol–water partition coefficient (Wildman–Crippen LogP) is 2.42. The molecule has 1 aromatic rings. The normalized spacial score (nSPS) is 13.6. The van der Waals surface area contributed by atoms with E-state index in [0.717, 1.165) is 0 Å². The van der Waals surface area contributed by atoms with Gasteiger partial charge in [-0.25, -0.2) is 17.9 Å². The van der Waals surface area contributed by atoms with Crippen molar-refractivity contribution in [1.82, 2.24) is 0 Å². The minimum Gasteiger partial charge on any atom is -0.489 e. The molecule has 0 aliphatic carbocycles. The van der Waals surface area contributed by atoms with Crippen LogP contribution in [0.3, 0.4) is 0 Å². The van der Waals surface area contributed by atoms with Crippen LogP contribution in [0.1, 0.15) is 13.8 Å². The summed E-state index contributed by atoms with van der Waals surface area (Å²) in [7, 11) is -3.60.